The van der Waals surface area contributed by atoms with Gasteiger partial charge in [-0.05, 0) is 29.3 Å². The Kier molecular flexibility index (Phi) is 4.43. The molecule has 1 N–H and O–H groups in total. The molecular weight excluding hydrogens is 276 g/mol. The first-order valence-electron chi connectivity index (χ1n) is 5.96. The minimum Gasteiger partial charge on any atom is -0.497 e. The number of hydrogen-bond acceptors (Lipinski definition) is 2. The molecule has 2 aromatic carbocycles. The Labute approximate surface area is 122 Å². The van der Waals surface area contributed by atoms with Crippen LogP contribution in [0.2, 0.25) is 5.02 Å². The molecule has 0 aliphatic heterocycles. The van der Waals surface area contributed by atoms with E-state index in [0.717, 1.165) is 11.6 Å². The first kappa shape index (κ1) is 14.2. The maximum atomic E-state index is 11.1. The normalized spacial score (nSPS) is 11.2. The van der Waals surface area contributed by atoms with E-state index in [1.165, 1.54) is 0 Å². The monoisotopic (exact) mass is 288 g/mol. The quantitative estimate of drug-likeness (QED) is 0.869. The fourth-order valence-corrected chi connectivity index (χ4v) is 2.15. The van der Waals surface area contributed by atoms with E-state index in [2.05, 4.69) is 0 Å². The number of halogens is 1. The molecule has 0 saturated heterocycles. The molecule has 4 heteroatoms. The summed E-state index contributed by atoms with van der Waals surface area (Å²) in [7, 11) is 1.56. The van der Waals surface area contributed by atoms with Gasteiger partial charge >= 0.3 is 5.97 Å². The van der Waals surface area contributed by atoms with Crippen LogP contribution >= 0.6 is 11.6 Å². The van der Waals surface area contributed by atoms with Crippen molar-refractivity contribution in [2.75, 3.05) is 7.11 Å². The van der Waals surface area contributed by atoms with Gasteiger partial charge in [-0.3, -0.25) is 0 Å². The first-order chi connectivity index (χ1) is 9.61. The SMILES string of the molecule is COc1cccc(C(=CC(=O)O)c2ccccc2Cl)c1. The van der Waals surface area contributed by atoms with Crippen LogP contribution < -0.4 is 4.74 Å². The largest absolute Gasteiger partial charge is 0.497 e. The first-order valence-corrected chi connectivity index (χ1v) is 6.33. The number of carboxylic acids is 1. The zero-order valence-corrected chi connectivity index (χ0v) is 11.6. The number of hydrogen-bond donors (Lipinski definition) is 1. The summed E-state index contributed by atoms with van der Waals surface area (Å²) < 4.78 is 5.17. The molecule has 0 aromatic heterocycles. The Morgan fingerprint density at radius 1 is 1.20 bits per heavy atom. The van der Waals surface area contributed by atoms with E-state index in [1.807, 2.05) is 12.1 Å². The highest BCUT2D eigenvalue weighted by Gasteiger charge is 2.11. The van der Waals surface area contributed by atoms with E-state index in [1.54, 1.807) is 43.5 Å². The molecule has 0 atom stereocenters. The Balaban J connectivity index is 2.59. The second-order valence-electron chi connectivity index (χ2n) is 4.11. The van der Waals surface area contributed by atoms with Crippen molar-refractivity contribution < 1.29 is 14.6 Å². The Morgan fingerprint density at radius 2 is 1.95 bits per heavy atom. The molecule has 0 amide bonds. The third kappa shape index (κ3) is 3.19. The summed E-state index contributed by atoms with van der Waals surface area (Å²) in [5.74, 6) is -0.367. The number of rotatable bonds is 4. The summed E-state index contributed by atoms with van der Waals surface area (Å²) in [5.41, 5.74) is 1.95. The molecule has 0 fully saturated rings. The van der Waals surface area contributed by atoms with Gasteiger partial charge in [0.05, 0.1) is 7.11 Å². The summed E-state index contributed by atoms with van der Waals surface area (Å²) >= 11 is 6.16. The minimum absolute atomic E-state index is 0.503. The molecule has 0 aliphatic rings. The number of carbonyl (C=O) groups is 1. The van der Waals surface area contributed by atoms with E-state index in [-0.39, 0.29) is 0 Å². The molecule has 0 saturated carbocycles. The van der Waals surface area contributed by atoms with E-state index < -0.39 is 5.97 Å². The third-order valence-corrected chi connectivity index (χ3v) is 3.14. The molecule has 0 radical (unpaired) electrons. The van der Waals surface area contributed by atoms with Crippen molar-refractivity contribution in [1.82, 2.24) is 0 Å². The van der Waals surface area contributed by atoms with Crippen LogP contribution in [0.15, 0.2) is 54.6 Å². The van der Waals surface area contributed by atoms with Gasteiger partial charge in [-0.25, -0.2) is 4.79 Å². The van der Waals surface area contributed by atoms with Crippen molar-refractivity contribution in [3.05, 3.63) is 70.8 Å². The zero-order valence-electron chi connectivity index (χ0n) is 10.8. The molecule has 0 heterocycles. The molecule has 0 bridgehead atoms. The second kappa shape index (κ2) is 6.26. The van der Waals surface area contributed by atoms with Crippen LogP contribution in [-0.2, 0) is 4.79 Å². The van der Waals surface area contributed by atoms with Crippen LogP contribution in [-0.4, -0.2) is 18.2 Å². The summed E-state index contributed by atoms with van der Waals surface area (Å²) in [6, 6.07) is 14.3. The lowest BCUT2D eigenvalue weighted by atomic mass is 9.97. The molecule has 102 valence electrons. The molecule has 3 nitrogen and oxygen atoms in total. The lowest BCUT2D eigenvalue weighted by Gasteiger charge is -2.10. The van der Waals surface area contributed by atoms with Crippen molar-refractivity contribution in [1.29, 1.82) is 0 Å². The standard InChI is InChI=1S/C16H13ClO3/c1-20-12-6-4-5-11(9-12)14(10-16(18)19)13-7-2-3-8-15(13)17/h2-10H,1H3,(H,18,19). The van der Waals surface area contributed by atoms with Gasteiger partial charge in [-0.15, -0.1) is 0 Å². The van der Waals surface area contributed by atoms with Crippen LogP contribution in [0.1, 0.15) is 11.1 Å². The smallest absolute Gasteiger partial charge is 0.328 e. The Hall–Kier alpha value is -2.26. The summed E-state index contributed by atoms with van der Waals surface area (Å²) in [6.45, 7) is 0. The lowest BCUT2D eigenvalue weighted by molar-refractivity contribution is -0.131. The van der Waals surface area contributed by atoms with Gasteiger partial charge in [-0.2, -0.15) is 0 Å². The molecule has 2 aromatic rings. The molecule has 20 heavy (non-hydrogen) atoms. The zero-order chi connectivity index (χ0) is 14.5. The molecule has 0 aliphatic carbocycles. The molecule has 2 rings (SSSR count). The topological polar surface area (TPSA) is 46.5 Å². The van der Waals surface area contributed by atoms with Crippen molar-refractivity contribution in [2.45, 2.75) is 0 Å². The lowest BCUT2D eigenvalue weighted by Crippen LogP contribution is -1.96. The van der Waals surface area contributed by atoms with Crippen molar-refractivity contribution in [3.8, 4) is 5.75 Å². The molecular formula is C16H13ClO3. The molecule has 0 spiro atoms. The second-order valence-corrected chi connectivity index (χ2v) is 4.52. The molecule has 0 unspecified atom stereocenters. The van der Waals surface area contributed by atoms with Gasteiger partial charge in [0.25, 0.3) is 0 Å². The van der Waals surface area contributed by atoms with E-state index >= 15 is 0 Å². The Bertz CT molecular complexity index is 662. The fraction of sp³-hybridized carbons (Fsp3) is 0.0625. The highest BCUT2D eigenvalue weighted by molar-refractivity contribution is 6.32. The highest BCUT2D eigenvalue weighted by Crippen LogP contribution is 2.30. The van der Waals surface area contributed by atoms with Crippen molar-refractivity contribution in [2.24, 2.45) is 0 Å². The maximum absolute atomic E-state index is 11.1. The number of benzene rings is 2. The van der Waals surface area contributed by atoms with Crippen LogP contribution in [0.4, 0.5) is 0 Å². The van der Waals surface area contributed by atoms with Gasteiger partial charge < -0.3 is 9.84 Å². The summed E-state index contributed by atoms with van der Waals surface area (Å²) in [4.78, 5) is 11.1. The van der Waals surface area contributed by atoms with Crippen molar-refractivity contribution in [3.63, 3.8) is 0 Å². The number of aliphatic carboxylic acids is 1. The summed E-state index contributed by atoms with van der Waals surface area (Å²) in [5, 5.41) is 9.58. The highest BCUT2D eigenvalue weighted by atomic mass is 35.5. The predicted octanol–water partition coefficient (Wildman–Crippen LogP) is 3.86. The van der Waals surface area contributed by atoms with Crippen LogP contribution in [0.5, 0.6) is 5.75 Å². The average Bonchev–Trinajstić information content (AvgIpc) is 2.45. The number of carboxylic acid groups (broad SMARTS) is 1. The predicted molar refractivity (Wildman–Crippen MR) is 79.2 cm³/mol. The Morgan fingerprint density at radius 3 is 2.60 bits per heavy atom. The number of methoxy groups -OCH3 is 1. The van der Waals surface area contributed by atoms with Gasteiger partial charge in [0, 0.05) is 16.7 Å². The van der Waals surface area contributed by atoms with E-state index in [4.69, 9.17) is 21.4 Å². The van der Waals surface area contributed by atoms with E-state index in [0.29, 0.717) is 21.9 Å². The fourth-order valence-electron chi connectivity index (χ4n) is 1.91. The third-order valence-electron chi connectivity index (χ3n) is 2.81. The van der Waals surface area contributed by atoms with Gasteiger partial charge in [0.1, 0.15) is 5.75 Å². The van der Waals surface area contributed by atoms with E-state index in [9.17, 15) is 4.79 Å². The average molecular weight is 289 g/mol. The van der Waals surface area contributed by atoms with Crippen LogP contribution in [0, 0.1) is 0 Å². The van der Waals surface area contributed by atoms with Crippen LogP contribution in [0.25, 0.3) is 5.57 Å². The maximum Gasteiger partial charge on any atom is 0.328 e. The number of ether oxygens (including phenoxy) is 1. The van der Waals surface area contributed by atoms with Gasteiger partial charge in [0.15, 0.2) is 0 Å². The minimum atomic E-state index is -1.03. The summed E-state index contributed by atoms with van der Waals surface area (Å²) in [6.07, 6.45) is 1.15. The van der Waals surface area contributed by atoms with Gasteiger partial charge in [-0.1, -0.05) is 41.9 Å². The van der Waals surface area contributed by atoms with Crippen molar-refractivity contribution >= 4 is 23.1 Å². The van der Waals surface area contributed by atoms with Gasteiger partial charge in [0.2, 0.25) is 0 Å². The van der Waals surface area contributed by atoms with Crippen LogP contribution in [0.3, 0.4) is 0 Å².